The van der Waals surface area contributed by atoms with E-state index < -0.39 is 0 Å². The summed E-state index contributed by atoms with van der Waals surface area (Å²) >= 11 is 3.50. The van der Waals surface area contributed by atoms with Gasteiger partial charge in [0, 0.05) is 24.7 Å². The van der Waals surface area contributed by atoms with Crippen molar-refractivity contribution in [3.63, 3.8) is 0 Å². The van der Waals surface area contributed by atoms with E-state index in [0.717, 1.165) is 48.2 Å². The van der Waals surface area contributed by atoms with Crippen molar-refractivity contribution in [1.29, 1.82) is 0 Å². The monoisotopic (exact) mass is 325 g/mol. The van der Waals surface area contributed by atoms with E-state index in [4.69, 9.17) is 4.74 Å². The fourth-order valence-electron chi connectivity index (χ4n) is 2.44. The van der Waals surface area contributed by atoms with Gasteiger partial charge in [0.05, 0.1) is 12.2 Å². The number of hydrogen-bond donors (Lipinski definition) is 0. The molecule has 2 rings (SSSR count). The highest BCUT2D eigenvalue weighted by Gasteiger charge is 2.21. The Morgan fingerprint density at radius 2 is 2.32 bits per heavy atom. The van der Waals surface area contributed by atoms with E-state index >= 15 is 0 Å². The molecule has 19 heavy (non-hydrogen) atoms. The van der Waals surface area contributed by atoms with Gasteiger partial charge in [-0.05, 0) is 53.2 Å². The van der Waals surface area contributed by atoms with Crippen LogP contribution in [0.4, 0.5) is 0 Å². The highest BCUT2D eigenvalue weighted by molar-refractivity contribution is 9.10. The van der Waals surface area contributed by atoms with Crippen molar-refractivity contribution in [1.82, 2.24) is 4.90 Å². The van der Waals surface area contributed by atoms with Crippen LogP contribution in [0.1, 0.15) is 28.8 Å². The molecule has 4 heteroatoms. The van der Waals surface area contributed by atoms with Crippen molar-refractivity contribution < 1.29 is 9.53 Å². The number of ether oxygens (including phenoxy) is 1. The van der Waals surface area contributed by atoms with Gasteiger partial charge in [0.25, 0.3) is 5.91 Å². The van der Waals surface area contributed by atoms with Crippen LogP contribution in [0.15, 0.2) is 22.7 Å². The van der Waals surface area contributed by atoms with E-state index in [1.54, 1.807) is 4.90 Å². The van der Waals surface area contributed by atoms with Crippen molar-refractivity contribution >= 4 is 21.8 Å². The average molecular weight is 326 g/mol. The zero-order valence-electron chi connectivity index (χ0n) is 11.5. The molecule has 104 valence electrons. The molecule has 1 heterocycles. The first kappa shape index (κ1) is 14.5. The Morgan fingerprint density at radius 1 is 1.53 bits per heavy atom. The minimum atomic E-state index is 0.0705. The van der Waals surface area contributed by atoms with Crippen molar-refractivity contribution in [2.45, 2.75) is 19.8 Å². The van der Waals surface area contributed by atoms with E-state index in [2.05, 4.69) is 15.9 Å². The summed E-state index contributed by atoms with van der Waals surface area (Å²) in [5, 5.41) is 0. The second kappa shape index (κ2) is 6.53. The summed E-state index contributed by atoms with van der Waals surface area (Å²) in [6.07, 6.45) is 2.24. The molecule has 1 fully saturated rings. The Balaban J connectivity index is 2.03. The third-order valence-corrected chi connectivity index (χ3v) is 4.61. The van der Waals surface area contributed by atoms with Crippen molar-refractivity contribution in [2.75, 3.05) is 26.8 Å². The van der Waals surface area contributed by atoms with Crippen LogP contribution in [0.2, 0.25) is 0 Å². The molecular weight excluding hydrogens is 306 g/mol. The number of carbonyl (C=O) groups excluding carboxylic acids is 1. The molecule has 1 saturated heterocycles. The number of benzene rings is 1. The first-order valence-electron chi connectivity index (χ1n) is 6.68. The van der Waals surface area contributed by atoms with Crippen LogP contribution in [0.3, 0.4) is 0 Å². The second-order valence-electron chi connectivity index (χ2n) is 5.21. The van der Waals surface area contributed by atoms with Crippen molar-refractivity contribution in [3.8, 4) is 0 Å². The Morgan fingerprint density at radius 3 is 3.00 bits per heavy atom. The lowest BCUT2D eigenvalue weighted by Gasteiger charge is -2.27. The zero-order chi connectivity index (χ0) is 13.8. The van der Waals surface area contributed by atoms with E-state index in [1.165, 1.54) is 0 Å². The lowest BCUT2D eigenvalue weighted by Crippen LogP contribution is -2.35. The summed E-state index contributed by atoms with van der Waals surface area (Å²) in [7, 11) is 1.87. The largest absolute Gasteiger partial charge is 0.381 e. The molecule has 1 aromatic carbocycles. The summed E-state index contributed by atoms with van der Waals surface area (Å²) in [6.45, 7) is 4.39. The molecule has 1 atom stereocenters. The predicted molar refractivity (Wildman–Crippen MR) is 79.4 cm³/mol. The number of nitrogens with zero attached hydrogens (tertiary/aromatic N) is 1. The minimum absolute atomic E-state index is 0.0705. The third kappa shape index (κ3) is 3.57. The molecule has 0 radical (unpaired) electrons. The Labute approximate surface area is 123 Å². The van der Waals surface area contributed by atoms with Crippen molar-refractivity contribution in [2.24, 2.45) is 5.92 Å². The molecule has 3 nitrogen and oxygen atoms in total. The van der Waals surface area contributed by atoms with Gasteiger partial charge in [-0.3, -0.25) is 4.79 Å². The van der Waals surface area contributed by atoms with Gasteiger partial charge in [0.2, 0.25) is 0 Å². The molecule has 1 aliphatic heterocycles. The number of rotatable bonds is 3. The maximum Gasteiger partial charge on any atom is 0.254 e. The van der Waals surface area contributed by atoms with Crippen LogP contribution in [0, 0.1) is 12.8 Å². The third-order valence-electron chi connectivity index (χ3n) is 3.56. The van der Waals surface area contributed by atoms with E-state index in [-0.39, 0.29) is 5.91 Å². The fraction of sp³-hybridized carbons (Fsp3) is 0.533. The van der Waals surface area contributed by atoms with E-state index in [1.807, 2.05) is 32.2 Å². The highest BCUT2D eigenvalue weighted by Crippen LogP contribution is 2.23. The van der Waals surface area contributed by atoms with Gasteiger partial charge in [-0.15, -0.1) is 0 Å². The van der Waals surface area contributed by atoms with Crippen LogP contribution in [-0.2, 0) is 4.74 Å². The summed E-state index contributed by atoms with van der Waals surface area (Å²) in [6, 6.07) is 5.79. The van der Waals surface area contributed by atoms with Gasteiger partial charge in [0.1, 0.15) is 0 Å². The maximum atomic E-state index is 12.4. The normalized spacial score (nSPS) is 19.2. The molecule has 0 aromatic heterocycles. The quantitative estimate of drug-likeness (QED) is 0.853. The average Bonchev–Trinajstić information content (AvgIpc) is 2.42. The zero-order valence-corrected chi connectivity index (χ0v) is 13.1. The molecule has 0 saturated carbocycles. The molecule has 1 aliphatic rings. The smallest absolute Gasteiger partial charge is 0.254 e. The Hall–Kier alpha value is -0.870. The highest BCUT2D eigenvalue weighted by atomic mass is 79.9. The predicted octanol–water partition coefficient (Wildman–Crippen LogP) is 3.26. The van der Waals surface area contributed by atoms with Crippen LogP contribution in [-0.4, -0.2) is 37.6 Å². The Kier molecular flexibility index (Phi) is 4.99. The number of halogens is 1. The van der Waals surface area contributed by atoms with E-state index in [0.29, 0.717) is 5.92 Å². The molecule has 1 amide bonds. The molecule has 0 bridgehead atoms. The molecule has 0 aliphatic carbocycles. The number of hydrogen-bond acceptors (Lipinski definition) is 2. The van der Waals surface area contributed by atoms with Crippen LogP contribution >= 0.6 is 15.9 Å². The van der Waals surface area contributed by atoms with E-state index in [9.17, 15) is 4.79 Å². The van der Waals surface area contributed by atoms with Crippen LogP contribution in [0.5, 0.6) is 0 Å². The number of carbonyl (C=O) groups is 1. The summed E-state index contributed by atoms with van der Waals surface area (Å²) in [5.74, 6) is 0.535. The van der Waals surface area contributed by atoms with Gasteiger partial charge in [0.15, 0.2) is 0 Å². The molecule has 1 aromatic rings. The molecule has 0 N–H and O–H groups in total. The lowest BCUT2D eigenvalue weighted by atomic mass is 10.0. The Bertz CT molecular complexity index is 455. The van der Waals surface area contributed by atoms with Gasteiger partial charge in [-0.25, -0.2) is 0 Å². The van der Waals surface area contributed by atoms with Gasteiger partial charge in [-0.2, -0.15) is 0 Å². The first-order chi connectivity index (χ1) is 9.09. The number of aryl methyl sites for hydroxylation is 1. The molecular formula is C15H20BrNO2. The summed E-state index contributed by atoms with van der Waals surface area (Å²) in [4.78, 5) is 14.3. The standard InChI is InChI=1S/C15H20BrNO2/c1-11-5-3-7-13(14(11)16)15(18)17(2)9-12-6-4-8-19-10-12/h3,5,7,12H,4,6,8-10H2,1-2H3. The van der Waals surface area contributed by atoms with Crippen LogP contribution in [0.25, 0.3) is 0 Å². The second-order valence-corrected chi connectivity index (χ2v) is 6.00. The number of amides is 1. The van der Waals surface area contributed by atoms with Crippen LogP contribution < -0.4 is 0 Å². The summed E-state index contributed by atoms with van der Waals surface area (Å²) in [5.41, 5.74) is 1.82. The molecule has 1 unspecified atom stereocenters. The molecule has 0 spiro atoms. The maximum absolute atomic E-state index is 12.4. The topological polar surface area (TPSA) is 29.5 Å². The minimum Gasteiger partial charge on any atom is -0.381 e. The SMILES string of the molecule is Cc1cccc(C(=O)N(C)CC2CCCOC2)c1Br. The fourth-order valence-corrected chi connectivity index (χ4v) is 2.87. The lowest BCUT2D eigenvalue weighted by molar-refractivity contribution is 0.0388. The van der Waals surface area contributed by atoms with Gasteiger partial charge in [-0.1, -0.05) is 12.1 Å². The van der Waals surface area contributed by atoms with Gasteiger partial charge >= 0.3 is 0 Å². The summed E-state index contributed by atoms with van der Waals surface area (Å²) < 4.78 is 6.36. The van der Waals surface area contributed by atoms with Gasteiger partial charge < -0.3 is 9.64 Å². The van der Waals surface area contributed by atoms with Crippen molar-refractivity contribution in [3.05, 3.63) is 33.8 Å². The first-order valence-corrected chi connectivity index (χ1v) is 7.47.